The summed E-state index contributed by atoms with van der Waals surface area (Å²) in [4.78, 5) is 23.1. The van der Waals surface area contributed by atoms with Crippen LogP contribution in [0.25, 0.3) is 0 Å². The molecule has 2 rings (SSSR count). The Morgan fingerprint density at radius 2 is 1.03 bits per heavy atom. The molecule has 0 spiro atoms. The number of aldehydes is 1. The van der Waals surface area contributed by atoms with Gasteiger partial charge in [-0.15, -0.1) is 0 Å². The molecule has 0 aromatic heterocycles. The minimum Gasteiger partial charge on any atom is -0.497 e. The maximum atomic E-state index is 12.4. The fourth-order valence-corrected chi connectivity index (χ4v) is 11.6. The van der Waals surface area contributed by atoms with E-state index in [4.69, 9.17) is 27.8 Å². The molecular weight excluding hydrogens is 1010 g/mol. The van der Waals surface area contributed by atoms with Crippen molar-refractivity contribution in [3.8, 4) is 11.5 Å². The predicted octanol–water partition coefficient (Wildman–Crippen LogP) is 13.9. The summed E-state index contributed by atoms with van der Waals surface area (Å²) in [6, 6.07) is 16.0. The third-order valence-corrected chi connectivity index (χ3v) is 24.1. The van der Waals surface area contributed by atoms with Gasteiger partial charge in [0.2, 0.25) is 0 Å². The lowest BCUT2D eigenvalue weighted by Crippen LogP contribution is -2.51. The van der Waals surface area contributed by atoms with Crippen molar-refractivity contribution < 1.29 is 82.1 Å². The van der Waals surface area contributed by atoms with Crippen molar-refractivity contribution in [2.45, 2.75) is 163 Å². The van der Waals surface area contributed by atoms with E-state index in [0.717, 1.165) is 42.4 Å². The van der Waals surface area contributed by atoms with Crippen molar-refractivity contribution in [3.63, 3.8) is 0 Å². The van der Waals surface area contributed by atoms with E-state index in [1.807, 2.05) is 43.3 Å². The number of carbonyl (C=O) groups excluding carboxylic acids is 2. The van der Waals surface area contributed by atoms with Crippen LogP contribution in [0, 0.1) is 29.6 Å². The second-order valence-electron chi connectivity index (χ2n) is 21.8. The van der Waals surface area contributed by atoms with Crippen molar-refractivity contribution in [2.75, 3.05) is 47.3 Å². The van der Waals surface area contributed by atoms with E-state index < -0.39 is 61.9 Å². The highest BCUT2D eigenvalue weighted by Gasteiger charge is 2.46. The average molecular weight is 1090 g/mol. The lowest BCUT2D eigenvalue weighted by atomic mass is 9.79. The van der Waals surface area contributed by atoms with Gasteiger partial charge in [0.15, 0.2) is 29.8 Å². The van der Waals surface area contributed by atoms with Gasteiger partial charge in [-0.3, -0.25) is 18.4 Å². The molecule has 21 heteroatoms. The van der Waals surface area contributed by atoms with Gasteiger partial charge in [-0.1, -0.05) is 100 Å². The zero-order valence-corrected chi connectivity index (χ0v) is 48.8. The highest BCUT2D eigenvalue weighted by molar-refractivity contribution is 7.54. The van der Waals surface area contributed by atoms with Gasteiger partial charge in [0.05, 0.1) is 59.5 Å². The first kappa shape index (κ1) is 67.2. The first-order valence-electron chi connectivity index (χ1n) is 24.2. The summed E-state index contributed by atoms with van der Waals surface area (Å²) in [6.07, 6.45) is -9.71. The van der Waals surface area contributed by atoms with Gasteiger partial charge in [-0.05, 0) is 89.9 Å². The number of hydrogen-bond acceptors (Lipinski definition) is 12. The van der Waals surface area contributed by atoms with Gasteiger partial charge in [0, 0.05) is 17.8 Å². The molecule has 0 N–H and O–H groups in total. The van der Waals surface area contributed by atoms with E-state index in [9.17, 15) is 40.5 Å². The summed E-state index contributed by atoms with van der Waals surface area (Å²) in [6.45, 7) is 31.6. The lowest BCUT2D eigenvalue weighted by Gasteiger charge is -2.46. The Balaban J connectivity index is 0.00000115. The van der Waals surface area contributed by atoms with E-state index in [2.05, 4.69) is 121 Å². The van der Waals surface area contributed by atoms with E-state index in [0.29, 0.717) is 19.8 Å². The van der Waals surface area contributed by atoms with Crippen LogP contribution in [0.15, 0.2) is 48.5 Å². The summed E-state index contributed by atoms with van der Waals surface area (Å²) < 4.78 is 132. The number of rotatable bonds is 28. The molecule has 12 nitrogen and oxygen atoms in total. The zero-order chi connectivity index (χ0) is 55.7. The van der Waals surface area contributed by atoms with Crippen LogP contribution in [0.2, 0.25) is 36.3 Å². The minimum atomic E-state index is -4.94. The van der Waals surface area contributed by atoms with Crippen molar-refractivity contribution in [1.29, 1.82) is 0 Å². The number of hydrogen-bond donors (Lipinski definition) is 0. The second-order valence-corrected chi connectivity index (χ2v) is 33.4. The molecule has 0 aliphatic rings. The molecule has 0 radical (unpaired) electrons. The third-order valence-electron chi connectivity index (χ3n) is 13.5. The molecule has 0 aliphatic carbocycles. The number of carbonyl (C=O) groups is 2. The van der Waals surface area contributed by atoms with Crippen molar-refractivity contribution in [1.82, 2.24) is 0 Å². The highest BCUT2D eigenvalue weighted by atomic mass is 31.2. The summed E-state index contributed by atoms with van der Waals surface area (Å²) in [5.41, 5.74) is 2.16. The molecule has 8 unspecified atom stereocenters. The lowest BCUT2D eigenvalue weighted by molar-refractivity contribution is -0.166. The number of alkyl halides is 6. The summed E-state index contributed by atoms with van der Waals surface area (Å²) in [7, 11) is -5.07. The van der Waals surface area contributed by atoms with Gasteiger partial charge in [-0.25, -0.2) is 0 Å². The highest BCUT2D eigenvalue weighted by Crippen LogP contribution is 2.50. The molecule has 0 bridgehead atoms. The summed E-state index contributed by atoms with van der Waals surface area (Å²) in [5, 5.41) is 0.0951. The summed E-state index contributed by atoms with van der Waals surface area (Å²) >= 11 is 0. The normalized spacial score (nSPS) is 16.5. The van der Waals surface area contributed by atoms with Crippen LogP contribution in [-0.2, 0) is 59.5 Å². The monoisotopic (exact) mass is 1090 g/mol. The fraction of sp³-hybridized carbons (Fsp3) is 0.725. The van der Waals surface area contributed by atoms with Gasteiger partial charge in [0.1, 0.15) is 23.9 Å². The van der Waals surface area contributed by atoms with Crippen LogP contribution in [0.3, 0.4) is 0 Å². The predicted molar refractivity (Wildman–Crippen MR) is 273 cm³/mol. The molecule has 0 fully saturated rings. The van der Waals surface area contributed by atoms with Crippen LogP contribution >= 0.6 is 7.60 Å². The topological polar surface area (TPSA) is 134 Å². The summed E-state index contributed by atoms with van der Waals surface area (Å²) in [5.74, 6) is 0.584. The van der Waals surface area contributed by atoms with Crippen LogP contribution in [-0.4, -0.2) is 107 Å². The van der Waals surface area contributed by atoms with Crippen molar-refractivity contribution in [2.24, 2.45) is 29.6 Å². The number of halogens is 6. The van der Waals surface area contributed by atoms with E-state index in [1.165, 1.54) is 0 Å². The Morgan fingerprint density at radius 3 is 1.40 bits per heavy atom. The number of esters is 1. The average Bonchev–Trinajstić information content (AvgIpc) is 3.27. The van der Waals surface area contributed by atoms with Crippen molar-refractivity contribution >= 4 is 36.5 Å². The van der Waals surface area contributed by atoms with E-state index in [-0.39, 0.29) is 58.0 Å². The quantitative estimate of drug-likeness (QED) is 0.0264. The number of benzene rings is 2. The molecule has 416 valence electrons. The van der Waals surface area contributed by atoms with Crippen LogP contribution in [0.4, 0.5) is 26.3 Å². The minimum absolute atomic E-state index is 0.00838. The van der Waals surface area contributed by atoms with Gasteiger partial charge in [-0.2, -0.15) is 26.3 Å². The molecule has 0 amide bonds. The standard InChI is InChI=1S/C44H76O7Si2.C7H9F6O5P/c1-31(40(50-52(14,15)43(6,7)8)34(4)28-48-29-36-18-22-38(46-12)23-19-36)26-32(2)42(51-53(16,17)44(9,10)11)35(5)41(33(3)27-45)49-30-37-20-24-39(47-13)25-21-37;1-16-5(14)2-19(15,17-3-6(8,9)10)18-4-7(11,12)13/h18-25,27,31-35,40-42H,26,28-30H2,1-17H3;2-4H2,1H3. The molecule has 72 heavy (non-hydrogen) atoms. The smallest absolute Gasteiger partial charge is 0.412 e. The molecule has 8 atom stereocenters. The first-order valence-corrected chi connectivity index (χ1v) is 31.7. The van der Waals surface area contributed by atoms with Crippen LogP contribution in [0.5, 0.6) is 11.5 Å². The molecule has 2 aromatic rings. The maximum absolute atomic E-state index is 12.4. The molecule has 0 saturated carbocycles. The Kier molecular flexibility index (Phi) is 27.0. The first-order chi connectivity index (χ1) is 32.8. The van der Waals surface area contributed by atoms with Gasteiger partial charge in [0.25, 0.3) is 0 Å². The van der Waals surface area contributed by atoms with E-state index in [1.54, 1.807) is 14.2 Å². The Labute approximate surface area is 428 Å². The third kappa shape index (κ3) is 23.8. The molecule has 2 aromatic carbocycles. The number of methoxy groups -OCH3 is 3. The molecule has 0 heterocycles. The SMILES string of the molecule is COC(=O)CP(=O)(OCC(F)(F)F)OCC(F)(F)F.COc1ccc(COCC(C)C(O[Si](C)(C)C(C)(C)C)C(C)CC(C)C(O[Si](C)(C)C(C)(C)C)C(C)C(OCc2ccc(OC)cc2)C(C)C=O)cc1. The van der Waals surface area contributed by atoms with Gasteiger partial charge < -0.3 is 37.3 Å². The molecular formula is C51H85F6O12PSi2. The Morgan fingerprint density at radius 1 is 0.625 bits per heavy atom. The zero-order valence-electron chi connectivity index (χ0n) is 45.9. The largest absolute Gasteiger partial charge is 0.497 e. The van der Waals surface area contributed by atoms with Crippen LogP contribution < -0.4 is 9.47 Å². The Bertz CT molecular complexity index is 1920. The molecule has 0 saturated heterocycles. The van der Waals surface area contributed by atoms with E-state index >= 15 is 0 Å². The van der Waals surface area contributed by atoms with Crippen molar-refractivity contribution in [3.05, 3.63) is 59.7 Å². The maximum Gasteiger partial charge on any atom is 0.412 e. The number of ether oxygens (including phenoxy) is 5. The molecule has 0 aliphatic heterocycles. The van der Waals surface area contributed by atoms with Gasteiger partial charge >= 0.3 is 25.9 Å². The fourth-order valence-electron chi connectivity index (χ4n) is 7.26. The Hall–Kier alpha value is -2.82. The van der Waals surface area contributed by atoms with Crippen LogP contribution in [0.1, 0.15) is 93.7 Å². The second kappa shape index (κ2) is 28.9.